The third-order valence-electron chi connectivity index (χ3n) is 3.41. The van der Waals surface area contributed by atoms with Gasteiger partial charge in [-0.25, -0.2) is 0 Å². The van der Waals surface area contributed by atoms with Gasteiger partial charge in [-0.05, 0) is 44.2 Å². The average Bonchev–Trinajstić information content (AvgIpc) is 2.66. The zero-order valence-corrected chi connectivity index (χ0v) is 12.2. The van der Waals surface area contributed by atoms with Gasteiger partial charge in [-0.2, -0.15) is 0 Å². The van der Waals surface area contributed by atoms with Crippen LogP contribution >= 0.6 is 11.3 Å². The molecule has 0 radical (unpaired) electrons. The van der Waals surface area contributed by atoms with Crippen LogP contribution in [0.4, 0.5) is 0 Å². The standard InChI is InChI=1S/C14H20N2O2S/c1-3-11-9(2)8-12(19-11)14(18)16-10-6-4-5-7-15-13(10)17/h8,10H,3-7H2,1-2H3,(H,15,17)(H,16,18)/t10-/m1/s1. The number of carbonyl (C=O) groups excluding carboxylic acids is 2. The summed E-state index contributed by atoms with van der Waals surface area (Å²) in [6, 6.07) is 1.52. The first-order valence-electron chi connectivity index (χ1n) is 6.79. The van der Waals surface area contributed by atoms with E-state index >= 15 is 0 Å². The maximum atomic E-state index is 12.2. The highest BCUT2D eigenvalue weighted by Crippen LogP contribution is 2.22. The quantitative estimate of drug-likeness (QED) is 0.890. The van der Waals surface area contributed by atoms with Crippen molar-refractivity contribution in [3.05, 3.63) is 21.4 Å². The lowest BCUT2D eigenvalue weighted by molar-refractivity contribution is -0.122. The fourth-order valence-corrected chi connectivity index (χ4v) is 3.31. The van der Waals surface area contributed by atoms with E-state index in [1.165, 1.54) is 16.2 Å². The minimum atomic E-state index is -0.387. The fraction of sp³-hybridized carbons (Fsp3) is 0.571. The molecule has 1 saturated heterocycles. The Hall–Kier alpha value is -1.36. The molecule has 2 heterocycles. The zero-order chi connectivity index (χ0) is 13.8. The summed E-state index contributed by atoms with van der Waals surface area (Å²) in [5, 5.41) is 5.68. The number of hydrogen-bond acceptors (Lipinski definition) is 3. The largest absolute Gasteiger partial charge is 0.354 e. The van der Waals surface area contributed by atoms with Gasteiger partial charge in [0, 0.05) is 11.4 Å². The van der Waals surface area contributed by atoms with Crippen molar-refractivity contribution in [1.82, 2.24) is 10.6 Å². The van der Waals surface area contributed by atoms with Gasteiger partial charge in [0.1, 0.15) is 6.04 Å². The Bertz CT molecular complexity index is 482. The smallest absolute Gasteiger partial charge is 0.262 e. The van der Waals surface area contributed by atoms with E-state index in [9.17, 15) is 9.59 Å². The molecule has 0 bridgehead atoms. The van der Waals surface area contributed by atoms with Crippen LogP contribution in [-0.4, -0.2) is 24.4 Å². The molecular formula is C14H20N2O2S. The molecule has 1 aromatic heterocycles. The van der Waals surface area contributed by atoms with Gasteiger partial charge in [0.2, 0.25) is 5.91 Å². The Morgan fingerprint density at radius 3 is 3.00 bits per heavy atom. The van der Waals surface area contributed by atoms with Crippen LogP contribution in [0.25, 0.3) is 0 Å². The summed E-state index contributed by atoms with van der Waals surface area (Å²) in [4.78, 5) is 25.9. The van der Waals surface area contributed by atoms with Crippen LogP contribution in [0.2, 0.25) is 0 Å². The van der Waals surface area contributed by atoms with E-state index in [0.717, 1.165) is 31.2 Å². The number of amides is 2. The first-order valence-corrected chi connectivity index (χ1v) is 7.61. The van der Waals surface area contributed by atoms with Gasteiger partial charge in [0.25, 0.3) is 5.91 Å². The topological polar surface area (TPSA) is 58.2 Å². The molecule has 2 amide bonds. The van der Waals surface area contributed by atoms with E-state index in [1.54, 1.807) is 0 Å². The lowest BCUT2D eigenvalue weighted by Crippen LogP contribution is -2.45. The molecule has 0 saturated carbocycles. The number of hydrogen-bond donors (Lipinski definition) is 2. The van der Waals surface area contributed by atoms with Crippen molar-refractivity contribution in [3.8, 4) is 0 Å². The molecule has 2 N–H and O–H groups in total. The Morgan fingerprint density at radius 1 is 1.53 bits per heavy atom. The number of nitrogens with one attached hydrogen (secondary N) is 2. The molecule has 5 heteroatoms. The maximum absolute atomic E-state index is 12.2. The van der Waals surface area contributed by atoms with Crippen LogP contribution in [0.5, 0.6) is 0 Å². The summed E-state index contributed by atoms with van der Waals surface area (Å²) in [5.41, 5.74) is 1.16. The van der Waals surface area contributed by atoms with E-state index in [0.29, 0.717) is 11.4 Å². The Kier molecular flexibility index (Phi) is 4.58. The first kappa shape index (κ1) is 14.1. The van der Waals surface area contributed by atoms with Crippen molar-refractivity contribution in [2.75, 3.05) is 6.54 Å². The number of thiophene rings is 1. The van der Waals surface area contributed by atoms with Gasteiger partial charge in [0.05, 0.1) is 4.88 Å². The monoisotopic (exact) mass is 280 g/mol. The minimum absolute atomic E-state index is 0.0603. The highest BCUT2D eigenvalue weighted by Gasteiger charge is 2.23. The van der Waals surface area contributed by atoms with E-state index in [-0.39, 0.29) is 17.9 Å². The van der Waals surface area contributed by atoms with Crippen LogP contribution in [-0.2, 0) is 11.2 Å². The lowest BCUT2D eigenvalue weighted by atomic mass is 10.1. The average molecular weight is 280 g/mol. The van der Waals surface area contributed by atoms with E-state index in [2.05, 4.69) is 17.6 Å². The summed E-state index contributed by atoms with van der Waals surface area (Å²) in [6.45, 7) is 4.81. The van der Waals surface area contributed by atoms with Gasteiger partial charge in [-0.15, -0.1) is 11.3 Å². The molecule has 0 unspecified atom stereocenters. The van der Waals surface area contributed by atoms with Crippen LogP contribution in [0.1, 0.15) is 46.3 Å². The lowest BCUT2D eigenvalue weighted by Gasteiger charge is -2.14. The van der Waals surface area contributed by atoms with Gasteiger partial charge >= 0.3 is 0 Å². The van der Waals surface area contributed by atoms with E-state index in [4.69, 9.17) is 0 Å². The van der Waals surface area contributed by atoms with Crippen molar-refractivity contribution in [3.63, 3.8) is 0 Å². The minimum Gasteiger partial charge on any atom is -0.354 e. The summed E-state index contributed by atoms with van der Waals surface area (Å²) in [5.74, 6) is -0.190. The van der Waals surface area contributed by atoms with Crippen molar-refractivity contribution in [2.24, 2.45) is 0 Å². The highest BCUT2D eigenvalue weighted by molar-refractivity contribution is 7.14. The molecule has 1 aromatic rings. The zero-order valence-electron chi connectivity index (χ0n) is 11.4. The number of aryl methyl sites for hydroxylation is 2. The van der Waals surface area contributed by atoms with Crippen molar-refractivity contribution in [1.29, 1.82) is 0 Å². The Balaban J connectivity index is 2.04. The molecule has 1 aliphatic heterocycles. The van der Waals surface area contributed by atoms with Crippen molar-refractivity contribution in [2.45, 2.75) is 45.6 Å². The van der Waals surface area contributed by atoms with E-state index in [1.807, 2.05) is 13.0 Å². The maximum Gasteiger partial charge on any atom is 0.262 e. The first-order chi connectivity index (χ1) is 9.11. The molecule has 0 aromatic carbocycles. The predicted octanol–water partition coefficient (Wildman–Crippen LogP) is 2.02. The molecule has 1 fully saturated rings. The fourth-order valence-electron chi connectivity index (χ4n) is 2.29. The third-order valence-corrected chi connectivity index (χ3v) is 4.79. The number of rotatable bonds is 3. The summed E-state index contributed by atoms with van der Waals surface area (Å²) < 4.78 is 0. The Morgan fingerprint density at radius 2 is 2.32 bits per heavy atom. The molecule has 2 rings (SSSR count). The molecule has 1 atom stereocenters. The molecule has 0 spiro atoms. The van der Waals surface area contributed by atoms with Crippen LogP contribution in [0, 0.1) is 6.92 Å². The normalized spacial score (nSPS) is 19.7. The van der Waals surface area contributed by atoms with Crippen LogP contribution in [0.3, 0.4) is 0 Å². The van der Waals surface area contributed by atoms with Crippen LogP contribution in [0.15, 0.2) is 6.07 Å². The van der Waals surface area contributed by atoms with Gasteiger partial charge < -0.3 is 10.6 Å². The second kappa shape index (κ2) is 6.19. The summed E-state index contributed by atoms with van der Waals surface area (Å²) >= 11 is 1.52. The third kappa shape index (κ3) is 3.35. The second-order valence-electron chi connectivity index (χ2n) is 4.88. The molecule has 104 valence electrons. The van der Waals surface area contributed by atoms with Crippen LogP contribution < -0.4 is 10.6 Å². The molecule has 0 aliphatic carbocycles. The molecule has 4 nitrogen and oxygen atoms in total. The van der Waals surface area contributed by atoms with Crippen molar-refractivity contribution >= 4 is 23.2 Å². The Labute approximate surface area is 117 Å². The molecule has 1 aliphatic rings. The van der Waals surface area contributed by atoms with E-state index < -0.39 is 0 Å². The van der Waals surface area contributed by atoms with Gasteiger partial charge in [-0.1, -0.05) is 6.92 Å². The predicted molar refractivity (Wildman–Crippen MR) is 76.5 cm³/mol. The van der Waals surface area contributed by atoms with Gasteiger partial charge in [-0.3, -0.25) is 9.59 Å². The SMILES string of the molecule is CCc1sc(C(=O)N[C@@H]2CCCCNC2=O)cc1C. The summed E-state index contributed by atoms with van der Waals surface area (Å²) in [7, 11) is 0. The van der Waals surface area contributed by atoms with Gasteiger partial charge in [0.15, 0.2) is 0 Å². The second-order valence-corrected chi connectivity index (χ2v) is 6.02. The highest BCUT2D eigenvalue weighted by atomic mass is 32.1. The number of carbonyl (C=O) groups is 2. The molecular weight excluding hydrogens is 260 g/mol. The van der Waals surface area contributed by atoms with Crippen molar-refractivity contribution < 1.29 is 9.59 Å². The summed E-state index contributed by atoms with van der Waals surface area (Å²) in [6.07, 6.45) is 3.61. The molecule has 19 heavy (non-hydrogen) atoms.